The topological polar surface area (TPSA) is 35.5 Å². The number of benzene rings is 1. The molecule has 2 rings (SSSR count). The van der Waals surface area contributed by atoms with Gasteiger partial charge in [0.2, 0.25) is 0 Å². The lowest BCUT2D eigenvalue weighted by Crippen LogP contribution is -2.45. The molecule has 0 amide bonds. The summed E-state index contributed by atoms with van der Waals surface area (Å²) in [5, 5.41) is 12.2. The van der Waals surface area contributed by atoms with Crippen LogP contribution < -0.4 is 5.32 Å². The molecule has 2 N–H and O–H groups in total. The minimum atomic E-state index is -4.45. The Morgan fingerprint density at radius 2 is 1.95 bits per heavy atom. The number of hydrogen-bond donors (Lipinski definition) is 2. The van der Waals surface area contributed by atoms with Gasteiger partial charge in [0.05, 0.1) is 10.6 Å². The zero-order valence-electron chi connectivity index (χ0n) is 11.5. The van der Waals surface area contributed by atoms with Crippen molar-refractivity contribution in [1.82, 2.24) is 10.2 Å². The normalized spacial score (nSPS) is 18.7. The summed E-state index contributed by atoms with van der Waals surface area (Å²) in [6.45, 7) is 3.23. The number of hydrogen-bond acceptors (Lipinski definition) is 3. The number of halogens is 4. The first-order valence-electron chi connectivity index (χ1n) is 6.85. The second kappa shape index (κ2) is 6.96. The third kappa shape index (κ3) is 4.10. The molecule has 7 heteroatoms. The predicted octanol–water partition coefficient (Wildman–Crippen LogP) is 2.69. The van der Waals surface area contributed by atoms with Gasteiger partial charge < -0.3 is 10.4 Å². The van der Waals surface area contributed by atoms with Crippen LogP contribution in [0.2, 0.25) is 5.02 Å². The van der Waals surface area contributed by atoms with Crippen molar-refractivity contribution in [3.8, 4) is 0 Å². The Kier molecular flexibility index (Phi) is 5.48. The lowest BCUT2D eigenvalue weighted by atomic mass is 10.00. The van der Waals surface area contributed by atoms with Gasteiger partial charge in [0.25, 0.3) is 0 Å². The summed E-state index contributed by atoms with van der Waals surface area (Å²) in [5.74, 6) is 0. The Bertz CT molecular complexity index is 476. The molecule has 1 aromatic carbocycles. The summed E-state index contributed by atoms with van der Waals surface area (Å²) in [6, 6.07) is 3.73. The van der Waals surface area contributed by atoms with Gasteiger partial charge in [-0.1, -0.05) is 17.7 Å². The smallest absolute Gasteiger partial charge is 0.396 e. The molecule has 21 heavy (non-hydrogen) atoms. The third-order valence-electron chi connectivity index (χ3n) is 3.68. The monoisotopic (exact) mass is 322 g/mol. The molecule has 3 nitrogen and oxygen atoms in total. The first-order valence-corrected chi connectivity index (χ1v) is 7.23. The molecule has 0 aromatic heterocycles. The summed E-state index contributed by atoms with van der Waals surface area (Å²) in [7, 11) is 0. The largest absolute Gasteiger partial charge is 0.417 e. The number of aliphatic hydroxyl groups is 1. The quantitative estimate of drug-likeness (QED) is 0.894. The molecule has 0 bridgehead atoms. The summed E-state index contributed by atoms with van der Waals surface area (Å²) in [4.78, 5) is 2.16. The van der Waals surface area contributed by atoms with Crippen LogP contribution >= 0.6 is 11.6 Å². The number of alkyl halides is 3. The van der Waals surface area contributed by atoms with Gasteiger partial charge in [0.1, 0.15) is 0 Å². The number of rotatable bonds is 4. The van der Waals surface area contributed by atoms with E-state index in [9.17, 15) is 18.3 Å². The molecule has 0 aliphatic carbocycles. The number of piperazine rings is 1. The molecular formula is C14H18ClF3N2O. The lowest BCUT2D eigenvalue weighted by Gasteiger charge is -2.35. The van der Waals surface area contributed by atoms with E-state index in [-0.39, 0.29) is 17.7 Å². The Balaban J connectivity index is 2.26. The molecule has 0 radical (unpaired) electrons. The molecule has 118 valence electrons. The van der Waals surface area contributed by atoms with Crippen molar-refractivity contribution >= 4 is 11.6 Å². The van der Waals surface area contributed by atoms with E-state index in [0.29, 0.717) is 12.0 Å². The Morgan fingerprint density at radius 3 is 2.48 bits per heavy atom. The third-order valence-corrected chi connectivity index (χ3v) is 3.99. The highest BCUT2D eigenvalue weighted by Crippen LogP contribution is 2.37. The molecule has 1 aliphatic rings. The highest BCUT2D eigenvalue weighted by molar-refractivity contribution is 6.31. The van der Waals surface area contributed by atoms with Gasteiger partial charge in [0.15, 0.2) is 0 Å². The van der Waals surface area contributed by atoms with Crippen LogP contribution in [-0.4, -0.2) is 42.8 Å². The van der Waals surface area contributed by atoms with Gasteiger partial charge in [-0.3, -0.25) is 4.90 Å². The summed E-state index contributed by atoms with van der Waals surface area (Å²) in [5.41, 5.74) is -0.111. The van der Waals surface area contributed by atoms with Crippen LogP contribution in [0.4, 0.5) is 13.2 Å². The standard InChI is InChI=1S/C14H18ClF3N2O/c15-12-9-10(1-2-11(12)14(16,17)18)13(3-8-21)20-6-4-19-5-7-20/h1-2,9,13,19,21H,3-8H2/t13-/m1/s1. The van der Waals surface area contributed by atoms with E-state index >= 15 is 0 Å². The zero-order valence-corrected chi connectivity index (χ0v) is 12.2. The van der Waals surface area contributed by atoms with E-state index in [2.05, 4.69) is 10.2 Å². The average molecular weight is 323 g/mol. The van der Waals surface area contributed by atoms with Gasteiger partial charge >= 0.3 is 6.18 Å². The maximum absolute atomic E-state index is 12.7. The second-order valence-corrected chi connectivity index (χ2v) is 5.46. The molecule has 0 spiro atoms. The molecular weight excluding hydrogens is 305 g/mol. The highest BCUT2D eigenvalue weighted by Gasteiger charge is 2.33. The van der Waals surface area contributed by atoms with Crippen LogP contribution in [0, 0.1) is 0 Å². The van der Waals surface area contributed by atoms with Crippen LogP contribution in [-0.2, 0) is 6.18 Å². The fourth-order valence-corrected chi connectivity index (χ4v) is 2.94. The molecule has 0 unspecified atom stereocenters. The van der Waals surface area contributed by atoms with Gasteiger partial charge in [-0.25, -0.2) is 0 Å². The van der Waals surface area contributed by atoms with Crippen molar-refractivity contribution in [2.75, 3.05) is 32.8 Å². The van der Waals surface area contributed by atoms with Gasteiger partial charge in [0, 0.05) is 38.8 Å². The van der Waals surface area contributed by atoms with E-state index in [1.165, 1.54) is 12.1 Å². The number of aliphatic hydroxyl groups excluding tert-OH is 1. The molecule has 1 atom stereocenters. The first kappa shape index (κ1) is 16.5. The average Bonchev–Trinajstić information content (AvgIpc) is 2.44. The molecule has 1 aliphatic heterocycles. The molecule has 1 aromatic rings. The van der Waals surface area contributed by atoms with Crippen molar-refractivity contribution in [2.24, 2.45) is 0 Å². The van der Waals surface area contributed by atoms with Crippen molar-refractivity contribution in [3.63, 3.8) is 0 Å². The van der Waals surface area contributed by atoms with E-state index < -0.39 is 11.7 Å². The highest BCUT2D eigenvalue weighted by atomic mass is 35.5. The second-order valence-electron chi connectivity index (χ2n) is 5.05. The van der Waals surface area contributed by atoms with E-state index in [0.717, 1.165) is 32.2 Å². The van der Waals surface area contributed by atoms with Crippen molar-refractivity contribution in [2.45, 2.75) is 18.6 Å². The van der Waals surface area contributed by atoms with Gasteiger partial charge in [-0.2, -0.15) is 13.2 Å². The fourth-order valence-electron chi connectivity index (χ4n) is 2.64. The minimum Gasteiger partial charge on any atom is -0.396 e. The Labute approximate surface area is 126 Å². The minimum absolute atomic E-state index is 0.0206. The van der Waals surface area contributed by atoms with Crippen molar-refractivity contribution in [3.05, 3.63) is 34.3 Å². The van der Waals surface area contributed by atoms with Crippen LogP contribution in [0.3, 0.4) is 0 Å². The predicted molar refractivity (Wildman–Crippen MR) is 75.3 cm³/mol. The zero-order chi connectivity index (χ0) is 15.5. The molecule has 1 saturated heterocycles. The number of nitrogens with zero attached hydrogens (tertiary/aromatic N) is 1. The van der Waals surface area contributed by atoms with E-state index in [1.807, 2.05) is 0 Å². The molecule has 1 fully saturated rings. The van der Waals surface area contributed by atoms with Crippen LogP contribution in [0.15, 0.2) is 18.2 Å². The van der Waals surface area contributed by atoms with Crippen LogP contribution in [0.5, 0.6) is 0 Å². The van der Waals surface area contributed by atoms with Crippen molar-refractivity contribution < 1.29 is 18.3 Å². The molecule has 1 heterocycles. The van der Waals surface area contributed by atoms with E-state index in [1.54, 1.807) is 0 Å². The maximum atomic E-state index is 12.7. The summed E-state index contributed by atoms with van der Waals surface area (Å²) in [6.07, 6.45) is -3.97. The van der Waals surface area contributed by atoms with Crippen LogP contribution in [0.1, 0.15) is 23.6 Å². The summed E-state index contributed by atoms with van der Waals surface area (Å²) >= 11 is 5.78. The summed E-state index contributed by atoms with van der Waals surface area (Å²) < 4.78 is 38.2. The van der Waals surface area contributed by atoms with E-state index in [4.69, 9.17) is 11.6 Å². The Hall–Kier alpha value is -0.820. The SMILES string of the molecule is OCC[C@H](c1ccc(C(F)(F)F)c(Cl)c1)N1CCNCC1. The van der Waals surface area contributed by atoms with Gasteiger partial charge in [-0.05, 0) is 24.1 Å². The van der Waals surface area contributed by atoms with Crippen molar-refractivity contribution in [1.29, 1.82) is 0 Å². The first-order chi connectivity index (χ1) is 9.93. The fraction of sp³-hybridized carbons (Fsp3) is 0.571. The van der Waals surface area contributed by atoms with Gasteiger partial charge in [-0.15, -0.1) is 0 Å². The van der Waals surface area contributed by atoms with Crippen LogP contribution in [0.25, 0.3) is 0 Å². The molecule has 0 saturated carbocycles. The maximum Gasteiger partial charge on any atom is 0.417 e. The Morgan fingerprint density at radius 1 is 1.29 bits per heavy atom. The lowest BCUT2D eigenvalue weighted by molar-refractivity contribution is -0.137. The number of nitrogens with one attached hydrogen (secondary N) is 1.